The van der Waals surface area contributed by atoms with E-state index in [1.54, 1.807) is 24.4 Å². The number of likely N-dealkylation sites (N-methyl/N-ethyl adjacent to an activating group) is 1. The summed E-state index contributed by atoms with van der Waals surface area (Å²) in [6.07, 6.45) is 5.57. The van der Waals surface area contributed by atoms with E-state index in [-0.39, 0.29) is 16.0 Å². The van der Waals surface area contributed by atoms with E-state index in [0.29, 0.717) is 22.2 Å². The first kappa shape index (κ1) is 16.7. The number of nitro groups is 1. The second-order valence-electron chi connectivity index (χ2n) is 7.80. The fourth-order valence-corrected chi connectivity index (χ4v) is 4.60. The second-order valence-corrected chi connectivity index (χ2v) is 7.80. The molecule has 0 bridgehead atoms. The second kappa shape index (κ2) is 5.32. The van der Waals surface area contributed by atoms with E-state index in [0.717, 1.165) is 5.69 Å². The number of nitrogens with zero attached hydrogens (tertiary/aromatic N) is 3. The molecule has 28 heavy (non-hydrogen) atoms. The third-order valence-electron chi connectivity index (χ3n) is 6.13. The molecule has 1 unspecified atom stereocenters. The highest BCUT2D eigenvalue weighted by Crippen LogP contribution is 2.55. The fourth-order valence-electron chi connectivity index (χ4n) is 4.60. The summed E-state index contributed by atoms with van der Waals surface area (Å²) in [5.74, 6) is 0.580. The van der Waals surface area contributed by atoms with Crippen LogP contribution in [0.4, 0.5) is 11.4 Å². The monoisotopic (exact) mass is 373 g/mol. The summed E-state index contributed by atoms with van der Waals surface area (Å²) in [5.41, 5.74) is 2.44. The Morgan fingerprint density at radius 2 is 1.96 bits per heavy atom. The van der Waals surface area contributed by atoms with Gasteiger partial charge >= 0.3 is 0 Å². The van der Waals surface area contributed by atoms with Crippen molar-refractivity contribution in [2.45, 2.75) is 25.0 Å². The van der Waals surface area contributed by atoms with E-state index >= 15 is 0 Å². The van der Waals surface area contributed by atoms with Crippen LogP contribution in [0.3, 0.4) is 0 Å². The Morgan fingerprint density at radius 1 is 1.18 bits per heavy atom. The van der Waals surface area contributed by atoms with Crippen molar-refractivity contribution in [1.82, 2.24) is 4.98 Å². The molecular weight excluding hydrogens is 354 g/mol. The molecule has 5 rings (SSSR count). The van der Waals surface area contributed by atoms with Crippen molar-refractivity contribution in [1.29, 1.82) is 0 Å². The standard InChI is InChI=1S/C22H19N3O3/c1-21(2)16-8-4-5-9-17(16)24(3)22(21)11-10-14-13-18(25(26)27)15-7-6-12-23-19(15)20(14)28-22/h4-13H,1-3H3. The lowest BCUT2D eigenvalue weighted by atomic mass is 9.76. The van der Waals surface area contributed by atoms with Gasteiger partial charge in [0.15, 0.2) is 5.75 Å². The first-order valence-corrected chi connectivity index (χ1v) is 9.14. The summed E-state index contributed by atoms with van der Waals surface area (Å²) < 4.78 is 6.69. The molecule has 0 radical (unpaired) electrons. The van der Waals surface area contributed by atoms with E-state index in [2.05, 4.69) is 35.9 Å². The van der Waals surface area contributed by atoms with Crippen molar-refractivity contribution in [3.63, 3.8) is 0 Å². The topological polar surface area (TPSA) is 68.5 Å². The summed E-state index contributed by atoms with van der Waals surface area (Å²) in [7, 11) is 2.02. The molecule has 0 saturated carbocycles. The molecule has 3 heterocycles. The maximum Gasteiger partial charge on any atom is 0.279 e. The Balaban J connectivity index is 1.77. The smallest absolute Gasteiger partial charge is 0.279 e. The molecule has 0 aliphatic carbocycles. The van der Waals surface area contributed by atoms with Crippen LogP contribution in [0.15, 0.2) is 54.7 Å². The molecule has 1 atom stereocenters. The largest absolute Gasteiger partial charge is 0.460 e. The van der Waals surface area contributed by atoms with Gasteiger partial charge in [-0.05, 0) is 49.8 Å². The lowest BCUT2D eigenvalue weighted by Crippen LogP contribution is -2.58. The minimum Gasteiger partial charge on any atom is -0.460 e. The van der Waals surface area contributed by atoms with E-state index in [1.807, 2.05) is 31.3 Å². The first-order valence-electron chi connectivity index (χ1n) is 9.14. The van der Waals surface area contributed by atoms with Crippen molar-refractivity contribution in [2.24, 2.45) is 0 Å². The maximum atomic E-state index is 11.6. The van der Waals surface area contributed by atoms with Crippen LogP contribution >= 0.6 is 0 Å². The molecule has 3 aromatic rings. The first-order chi connectivity index (χ1) is 13.4. The van der Waals surface area contributed by atoms with Gasteiger partial charge in [0.1, 0.15) is 5.52 Å². The lowest BCUT2D eigenvalue weighted by molar-refractivity contribution is -0.383. The summed E-state index contributed by atoms with van der Waals surface area (Å²) in [6, 6.07) is 13.3. The maximum absolute atomic E-state index is 11.6. The molecule has 2 aromatic carbocycles. The molecule has 6 heteroatoms. The van der Waals surface area contributed by atoms with Crippen LogP contribution in [0.2, 0.25) is 0 Å². The third-order valence-corrected chi connectivity index (χ3v) is 6.13. The van der Waals surface area contributed by atoms with Crippen molar-refractivity contribution < 1.29 is 9.66 Å². The lowest BCUT2D eigenvalue weighted by Gasteiger charge is -2.45. The Hall–Kier alpha value is -3.41. The number of hydrogen-bond acceptors (Lipinski definition) is 5. The van der Waals surface area contributed by atoms with Gasteiger partial charge in [-0.15, -0.1) is 0 Å². The predicted molar refractivity (Wildman–Crippen MR) is 109 cm³/mol. The number of ether oxygens (including phenoxy) is 1. The van der Waals surface area contributed by atoms with Crippen molar-refractivity contribution >= 4 is 28.4 Å². The van der Waals surface area contributed by atoms with Gasteiger partial charge in [0.25, 0.3) is 5.69 Å². The normalized spacial score (nSPS) is 21.5. The Morgan fingerprint density at radius 3 is 2.71 bits per heavy atom. The van der Waals surface area contributed by atoms with Crippen molar-refractivity contribution in [3.05, 3.63) is 76.0 Å². The van der Waals surface area contributed by atoms with Crippen LogP contribution in [0.1, 0.15) is 25.0 Å². The SMILES string of the molecule is CN1c2ccccc2C(C)(C)C12C=Cc1cc([N+](=O)[O-])c3cccnc3c1O2. The van der Waals surface area contributed by atoms with Crippen molar-refractivity contribution in [3.8, 4) is 5.75 Å². The van der Waals surface area contributed by atoms with E-state index in [4.69, 9.17) is 4.74 Å². The van der Waals surface area contributed by atoms with Crippen LogP contribution in [-0.2, 0) is 5.41 Å². The van der Waals surface area contributed by atoms with Crippen LogP contribution in [-0.4, -0.2) is 22.7 Å². The molecule has 0 saturated heterocycles. The number of pyridine rings is 1. The molecule has 6 nitrogen and oxygen atoms in total. The number of aromatic nitrogens is 1. The summed E-state index contributed by atoms with van der Waals surface area (Å²) in [5, 5.41) is 12.0. The quantitative estimate of drug-likeness (QED) is 0.458. The number of non-ortho nitro benzene ring substituents is 1. The van der Waals surface area contributed by atoms with Crippen LogP contribution < -0.4 is 9.64 Å². The fraction of sp³-hybridized carbons (Fsp3) is 0.227. The van der Waals surface area contributed by atoms with Gasteiger partial charge in [-0.25, -0.2) is 0 Å². The van der Waals surface area contributed by atoms with Crippen LogP contribution in [0, 0.1) is 10.1 Å². The molecule has 0 fully saturated rings. The zero-order valence-corrected chi connectivity index (χ0v) is 15.8. The minimum atomic E-state index is -0.746. The molecule has 0 N–H and O–H groups in total. The number of para-hydroxylation sites is 1. The van der Waals surface area contributed by atoms with Crippen LogP contribution in [0.5, 0.6) is 5.75 Å². The van der Waals surface area contributed by atoms with Gasteiger partial charge in [-0.2, -0.15) is 0 Å². The molecule has 2 aliphatic rings. The summed E-state index contributed by atoms with van der Waals surface area (Å²) >= 11 is 0. The minimum absolute atomic E-state index is 0.0355. The van der Waals surface area contributed by atoms with E-state index < -0.39 is 5.72 Å². The average Bonchev–Trinajstić information content (AvgIpc) is 2.86. The highest BCUT2D eigenvalue weighted by molar-refractivity contribution is 5.96. The van der Waals surface area contributed by atoms with Gasteiger partial charge in [0, 0.05) is 30.6 Å². The number of rotatable bonds is 1. The Kier molecular flexibility index (Phi) is 3.18. The summed E-state index contributed by atoms with van der Waals surface area (Å²) in [4.78, 5) is 17.8. The number of nitro benzene ring substituents is 1. The number of hydrogen-bond donors (Lipinski definition) is 0. The highest BCUT2D eigenvalue weighted by atomic mass is 16.6. The van der Waals surface area contributed by atoms with Crippen molar-refractivity contribution in [2.75, 3.05) is 11.9 Å². The highest BCUT2D eigenvalue weighted by Gasteiger charge is 2.57. The van der Waals surface area contributed by atoms with Crippen LogP contribution in [0.25, 0.3) is 17.0 Å². The molecule has 1 aromatic heterocycles. The third kappa shape index (κ3) is 1.89. The number of fused-ring (bicyclic) bond motifs is 4. The average molecular weight is 373 g/mol. The van der Waals surface area contributed by atoms with Gasteiger partial charge in [-0.3, -0.25) is 15.1 Å². The predicted octanol–water partition coefficient (Wildman–Crippen LogP) is 4.67. The Bertz CT molecular complexity index is 1180. The number of benzene rings is 2. The molecule has 140 valence electrons. The molecule has 2 aliphatic heterocycles. The van der Waals surface area contributed by atoms with Gasteiger partial charge in [0.05, 0.1) is 15.7 Å². The Labute approximate surface area is 162 Å². The van der Waals surface area contributed by atoms with Gasteiger partial charge in [0.2, 0.25) is 5.72 Å². The van der Waals surface area contributed by atoms with Gasteiger partial charge in [-0.1, -0.05) is 18.2 Å². The zero-order valence-electron chi connectivity index (χ0n) is 15.8. The van der Waals surface area contributed by atoms with E-state index in [9.17, 15) is 10.1 Å². The molecule has 0 amide bonds. The molecular formula is C22H19N3O3. The zero-order chi connectivity index (χ0) is 19.7. The number of anilines is 1. The van der Waals surface area contributed by atoms with E-state index in [1.165, 1.54) is 5.56 Å². The molecule has 1 spiro atoms. The van der Waals surface area contributed by atoms with Gasteiger partial charge < -0.3 is 9.64 Å². The summed E-state index contributed by atoms with van der Waals surface area (Å²) in [6.45, 7) is 4.32.